The minimum Gasteiger partial charge on any atom is -0.493 e. The number of hydrogen-bond donors (Lipinski definition) is 1. The van der Waals surface area contributed by atoms with E-state index < -0.39 is 18.9 Å². The van der Waals surface area contributed by atoms with Crippen LogP contribution in [0.3, 0.4) is 0 Å². The Kier molecular flexibility index (Phi) is 9.89. The second kappa shape index (κ2) is 15.4. The Morgan fingerprint density at radius 1 is 0.741 bits per heavy atom. The highest BCUT2D eigenvalue weighted by Gasteiger charge is 2.44. The molecule has 0 saturated heterocycles. The predicted octanol–water partition coefficient (Wildman–Crippen LogP) is 8.61. The largest absolute Gasteiger partial charge is 0.493 e. The molecular weight excluding hydrogens is 691 g/mol. The van der Waals surface area contributed by atoms with Crippen LogP contribution in [0.15, 0.2) is 184 Å². The van der Waals surface area contributed by atoms with Crippen molar-refractivity contribution in [3.05, 3.63) is 197 Å². The molecule has 1 aliphatic heterocycles. The van der Waals surface area contributed by atoms with Gasteiger partial charge in [-0.1, -0.05) is 84.9 Å². The molecule has 7 aromatic rings. The number of fused-ring (bicyclic) bond motifs is 1. The van der Waals surface area contributed by atoms with E-state index in [1.807, 2.05) is 53.5 Å². The number of carboxylic acid groups (broad SMARTS) is 1. The summed E-state index contributed by atoms with van der Waals surface area (Å²) in [7, 11) is -1.97. The lowest BCUT2D eigenvalue weighted by atomic mass is 9.98. The third-order valence-electron chi connectivity index (χ3n) is 9.99. The SMILES string of the molecule is O=C(O)c1ccc(N2N=C(c3cc4ccc(OCCC[P+](c5ccccc5)(c5ccccc5)c5ccccc5)cc4oc3=O)CC2c2ccccc2)cc1. The van der Waals surface area contributed by atoms with Crippen molar-refractivity contribution in [3.8, 4) is 5.75 Å². The minimum absolute atomic E-state index is 0.186. The molecule has 1 N–H and O–H groups in total. The molecule has 8 heteroatoms. The van der Waals surface area contributed by atoms with E-state index in [9.17, 15) is 14.7 Å². The van der Waals surface area contributed by atoms with Crippen molar-refractivity contribution in [1.29, 1.82) is 0 Å². The number of nitrogens with zero attached hydrogens (tertiary/aromatic N) is 2. The Hall–Kier alpha value is -6.30. The van der Waals surface area contributed by atoms with Crippen LogP contribution in [-0.4, -0.2) is 29.6 Å². The van der Waals surface area contributed by atoms with Gasteiger partial charge in [0.05, 0.1) is 41.3 Å². The molecule has 8 rings (SSSR count). The molecule has 0 fully saturated rings. The third-order valence-corrected chi connectivity index (χ3v) is 14.5. The van der Waals surface area contributed by atoms with Gasteiger partial charge in [-0.3, -0.25) is 5.01 Å². The van der Waals surface area contributed by atoms with Crippen LogP contribution in [0.5, 0.6) is 5.75 Å². The van der Waals surface area contributed by atoms with Crippen LogP contribution in [0, 0.1) is 0 Å². The number of carboxylic acids is 1. The van der Waals surface area contributed by atoms with Gasteiger partial charge in [0, 0.05) is 24.3 Å². The van der Waals surface area contributed by atoms with Gasteiger partial charge in [0.25, 0.3) is 0 Å². The van der Waals surface area contributed by atoms with E-state index in [1.165, 1.54) is 15.9 Å². The van der Waals surface area contributed by atoms with Crippen molar-refractivity contribution < 1.29 is 19.1 Å². The summed E-state index contributed by atoms with van der Waals surface area (Å²) in [6.07, 6.45) is 2.23. The van der Waals surface area contributed by atoms with Gasteiger partial charge in [-0.25, -0.2) is 9.59 Å². The standard InChI is InChI=1S/C46H37N2O5P/c49-45(50)34-22-25-36(26-23-34)48-43(33-14-5-1-6-15-33)32-42(47-48)41-30-35-24-27-37(31-44(35)53-46(41)51)52-28-13-29-54(38-16-7-2-8-17-38,39-18-9-3-10-19-39)40-20-11-4-12-21-40/h1-12,14-27,30-31,43H,13,28-29,32H2/p+1. The molecule has 1 unspecified atom stereocenters. The Morgan fingerprint density at radius 3 is 1.89 bits per heavy atom. The van der Waals surface area contributed by atoms with E-state index in [1.54, 1.807) is 30.3 Å². The summed E-state index contributed by atoms with van der Waals surface area (Å²) in [6, 6.07) is 56.3. The number of hydrazone groups is 1. The zero-order chi connectivity index (χ0) is 36.9. The molecule has 0 aliphatic carbocycles. The van der Waals surface area contributed by atoms with Crippen LogP contribution in [0.2, 0.25) is 0 Å². The van der Waals surface area contributed by atoms with Gasteiger partial charge in [-0.2, -0.15) is 5.10 Å². The molecule has 0 saturated carbocycles. The van der Waals surface area contributed by atoms with E-state index >= 15 is 0 Å². The Bertz CT molecular complexity index is 2370. The number of rotatable bonds is 12. The van der Waals surface area contributed by atoms with Gasteiger partial charge < -0.3 is 14.3 Å². The summed E-state index contributed by atoms with van der Waals surface area (Å²) in [5.74, 6) is -0.355. The molecular formula is C46H38N2O5P+. The second-order valence-corrected chi connectivity index (χ2v) is 16.9. The number of anilines is 1. The van der Waals surface area contributed by atoms with Crippen LogP contribution in [0.1, 0.15) is 40.4 Å². The van der Waals surface area contributed by atoms with Crippen LogP contribution in [-0.2, 0) is 0 Å². The lowest BCUT2D eigenvalue weighted by Crippen LogP contribution is -2.33. The first-order valence-electron chi connectivity index (χ1n) is 18.0. The Morgan fingerprint density at radius 2 is 1.31 bits per heavy atom. The highest BCUT2D eigenvalue weighted by molar-refractivity contribution is 7.95. The number of hydrogen-bond acceptors (Lipinski definition) is 6. The van der Waals surface area contributed by atoms with Crippen LogP contribution in [0.4, 0.5) is 5.69 Å². The summed E-state index contributed by atoms with van der Waals surface area (Å²) in [5, 5.41) is 20.9. The molecule has 1 aromatic heterocycles. The number of ether oxygens (including phenoxy) is 1. The molecule has 1 aliphatic rings. The lowest BCUT2D eigenvalue weighted by Gasteiger charge is -2.27. The average Bonchev–Trinajstić information content (AvgIpc) is 3.67. The first kappa shape index (κ1) is 34.8. The highest BCUT2D eigenvalue weighted by Crippen LogP contribution is 2.55. The Labute approximate surface area is 314 Å². The molecule has 7 nitrogen and oxygen atoms in total. The molecule has 0 spiro atoms. The maximum absolute atomic E-state index is 13.5. The summed E-state index contributed by atoms with van der Waals surface area (Å²) in [4.78, 5) is 25.0. The monoisotopic (exact) mass is 729 g/mol. The maximum Gasteiger partial charge on any atom is 0.345 e. The van der Waals surface area contributed by atoms with E-state index in [2.05, 4.69) is 91.0 Å². The third kappa shape index (κ3) is 6.94. The van der Waals surface area contributed by atoms with Crippen molar-refractivity contribution in [1.82, 2.24) is 0 Å². The first-order valence-corrected chi connectivity index (χ1v) is 20.0. The van der Waals surface area contributed by atoms with Crippen molar-refractivity contribution in [3.63, 3.8) is 0 Å². The van der Waals surface area contributed by atoms with Crippen molar-refractivity contribution >= 4 is 51.5 Å². The molecule has 0 amide bonds. The van der Waals surface area contributed by atoms with Crippen molar-refractivity contribution in [2.45, 2.75) is 18.9 Å². The quantitative estimate of drug-likeness (QED) is 0.0770. The average molecular weight is 730 g/mol. The maximum atomic E-state index is 13.5. The zero-order valence-electron chi connectivity index (χ0n) is 29.5. The number of benzene rings is 6. The van der Waals surface area contributed by atoms with E-state index in [0.717, 1.165) is 29.2 Å². The molecule has 2 heterocycles. The fourth-order valence-corrected chi connectivity index (χ4v) is 11.7. The zero-order valence-corrected chi connectivity index (χ0v) is 30.4. The molecule has 54 heavy (non-hydrogen) atoms. The van der Waals surface area contributed by atoms with E-state index in [-0.39, 0.29) is 11.6 Å². The topological polar surface area (TPSA) is 92.3 Å². The lowest BCUT2D eigenvalue weighted by molar-refractivity contribution is 0.0697. The Balaban J connectivity index is 1.03. The number of aromatic carboxylic acids is 1. The summed E-state index contributed by atoms with van der Waals surface area (Å²) in [6.45, 7) is 0.503. The molecule has 6 aromatic carbocycles. The van der Waals surface area contributed by atoms with Crippen LogP contribution >= 0.6 is 7.26 Å². The van der Waals surface area contributed by atoms with Gasteiger partial charge in [0.2, 0.25) is 0 Å². The fourth-order valence-electron chi connectivity index (χ4n) is 7.36. The van der Waals surface area contributed by atoms with Gasteiger partial charge in [-0.05, 0) is 84.4 Å². The van der Waals surface area contributed by atoms with E-state index in [0.29, 0.717) is 35.6 Å². The van der Waals surface area contributed by atoms with Gasteiger partial charge in [0.15, 0.2) is 0 Å². The number of carbonyl (C=O) groups is 1. The normalized spacial score (nSPS) is 14.2. The van der Waals surface area contributed by atoms with Gasteiger partial charge >= 0.3 is 11.6 Å². The van der Waals surface area contributed by atoms with Crippen LogP contribution in [0.25, 0.3) is 11.0 Å². The van der Waals surface area contributed by atoms with Crippen LogP contribution < -0.4 is 31.3 Å². The second-order valence-electron chi connectivity index (χ2n) is 13.3. The molecule has 1 atom stereocenters. The minimum atomic E-state index is -1.97. The van der Waals surface area contributed by atoms with Crippen molar-refractivity contribution in [2.75, 3.05) is 17.8 Å². The molecule has 266 valence electrons. The first-order chi connectivity index (χ1) is 26.5. The van der Waals surface area contributed by atoms with E-state index in [4.69, 9.17) is 14.3 Å². The van der Waals surface area contributed by atoms with Gasteiger partial charge in [0.1, 0.15) is 34.5 Å². The fraction of sp³-hybridized carbons (Fsp3) is 0.109. The summed E-state index contributed by atoms with van der Waals surface area (Å²) < 4.78 is 12.2. The summed E-state index contributed by atoms with van der Waals surface area (Å²) in [5.41, 5.74) is 2.91. The smallest absolute Gasteiger partial charge is 0.345 e. The molecule has 0 radical (unpaired) electrons. The van der Waals surface area contributed by atoms with Gasteiger partial charge in [-0.15, -0.1) is 0 Å². The van der Waals surface area contributed by atoms with Crippen molar-refractivity contribution in [2.24, 2.45) is 5.10 Å². The highest BCUT2D eigenvalue weighted by atomic mass is 31.2. The predicted molar refractivity (Wildman–Crippen MR) is 219 cm³/mol. The molecule has 0 bridgehead atoms. The summed E-state index contributed by atoms with van der Waals surface area (Å²) >= 11 is 0.